The van der Waals surface area contributed by atoms with E-state index in [0.717, 1.165) is 18.4 Å². The monoisotopic (exact) mass is 447 g/mol. The van der Waals surface area contributed by atoms with Gasteiger partial charge in [0.05, 0.1) is 18.4 Å². The summed E-state index contributed by atoms with van der Waals surface area (Å²) in [6, 6.07) is 11.5. The Bertz CT molecular complexity index is 1210. The minimum atomic E-state index is -0.644. The number of ether oxygens (including phenoxy) is 1. The third-order valence-corrected chi connectivity index (χ3v) is 5.36. The molecule has 0 saturated carbocycles. The number of aromatic nitrogens is 1. The molecule has 1 N–H and O–H groups in total. The van der Waals surface area contributed by atoms with Crippen LogP contribution >= 0.6 is 0 Å². The molecule has 0 spiro atoms. The summed E-state index contributed by atoms with van der Waals surface area (Å²) in [5, 5.41) is 8.82. The summed E-state index contributed by atoms with van der Waals surface area (Å²) < 4.78 is 21.3. The molecular weight excluding hydrogens is 421 g/mol. The Labute approximate surface area is 192 Å². The highest BCUT2D eigenvalue weighted by Gasteiger charge is 2.29. The van der Waals surface area contributed by atoms with Crippen LogP contribution < -0.4 is 0 Å². The van der Waals surface area contributed by atoms with E-state index < -0.39 is 11.8 Å². The molecule has 0 aliphatic rings. The minimum Gasteiger partial charge on any atom is -0.465 e. The number of aryl methyl sites for hydroxylation is 2. The third kappa shape index (κ3) is 5.21. The summed E-state index contributed by atoms with van der Waals surface area (Å²) >= 11 is 0. The first-order chi connectivity index (χ1) is 15.9. The molecule has 0 aliphatic heterocycles. The zero-order valence-corrected chi connectivity index (χ0v) is 18.9. The van der Waals surface area contributed by atoms with Crippen LogP contribution in [-0.2, 0) is 11.8 Å². The van der Waals surface area contributed by atoms with Crippen molar-refractivity contribution in [3.8, 4) is 23.0 Å². The molecule has 170 valence electrons. The van der Waals surface area contributed by atoms with E-state index in [9.17, 15) is 14.0 Å². The summed E-state index contributed by atoms with van der Waals surface area (Å²) in [5.41, 5.74) is 2.52. The molecule has 3 rings (SSSR count). The van der Waals surface area contributed by atoms with Crippen molar-refractivity contribution in [1.29, 1.82) is 0 Å². The second-order valence-electron chi connectivity index (χ2n) is 7.69. The first-order valence-corrected chi connectivity index (χ1v) is 10.7. The number of esters is 1. The Morgan fingerprint density at radius 2 is 1.82 bits per heavy atom. The van der Waals surface area contributed by atoms with Gasteiger partial charge in [-0.3, -0.25) is 4.79 Å². The summed E-state index contributed by atoms with van der Waals surface area (Å²) in [4.78, 5) is 26.0. The van der Waals surface area contributed by atoms with Gasteiger partial charge in [-0.05, 0) is 55.7 Å². The molecular formula is C27H26FNO4. The van der Waals surface area contributed by atoms with Crippen LogP contribution in [0.15, 0.2) is 48.7 Å². The number of unbranched alkanes of at least 4 members (excludes halogenated alkanes) is 2. The summed E-state index contributed by atoms with van der Waals surface area (Å²) in [5.74, 6) is 4.58. The molecule has 0 atom stereocenters. The Hall–Kier alpha value is -3.69. The van der Waals surface area contributed by atoms with Crippen molar-refractivity contribution in [3.63, 3.8) is 0 Å². The summed E-state index contributed by atoms with van der Waals surface area (Å²) in [7, 11) is 2.89. The standard InChI is InChI=1S/C27H26FNO4/c1-18-9-8-11-22(28)23(18)24-21(27(32)33-3)17-29(2)25(24)26(31)20-14-12-19(13-15-20)10-6-4-5-7-16-30/h8-9,11-15,17,30H,4-5,7,16H2,1-3H3. The van der Waals surface area contributed by atoms with Gasteiger partial charge < -0.3 is 14.4 Å². The SMILES string of the molecule is COC(=O)c1cn(C)c(C(=O)c2ccc(C#CCCCCO)cc2)c1-c1c(C)cccc1F. The molecule has 0 saturated heterocycles. The number of aliphatic hydroxyl groups is 1. The molecule has 0 amide bonds. The number of ketones is 1. The highest BCUT2D eigenvalue weighted by Crippen LogP contribution is 2.35. The van der Waals surface area contributed by atoms with Crippen LogP contribution in [0.2, 0.25) is 0 Å². The predicted molar refractivity (Wildman–Crippen MR) is 125 cm³/mol. The third-order valence-electron chi connectivity index (χ3n) is 5.36. The number of methoxy groups -OCH3 is 1. The largest absolute Gasteiger partial charge is 0.465 e. The lowest BCUT2D eigenvalue weighted by Crippen LogP contribution is -2.10. The van der Waals surface area contributed by atoms with Crippen LogP contribution in [0.3, 0.4) is 0 Å². The smallest absolute Gasteiger partial charge is 0.340 e. The Morgan fingerprint density at radius 3 is 2.45 bits per heavy atom. The molecule has 1 heterocycles. The highest BCUT2D eigenvalue weighted by atomic mass is 19.1. The maximum Gasteiger partial charge on any atom is 0.340 e. The fraction of sp³-hybridized carbons (Fsp3) is 0.259. The van der Waals surface area contributed by atoms with E-state index in [1.807, 2.05) is 0 Å². The lowest BCUT2D eigenvalue weighted by molar-refractivity contribution is 0.0601. The van der Waals surface area contributed by atoms with Crippen LogP contribution in [0.1, 0.15) is 56.8 Å². The number of hydrogen-bond donors (Lipinski definition) is 1. The maximum absolute atomic E-state index is 14.9. The fourth-order valence-electron chi connectivity index (χ4n) is 3.70. The zero-order chi connectivity index (χ0) is 24.0. The molecule has 2 aromatic carbocycles. The Balaban J connectivity index is 2.03. The number of nitrogens with zero attached hydrogens (tertiary/aromatic N) is 1. The maximum atomic E-state index is 14.9. The van der Waals surface area contributed by atoms with Crippen molar-refractivity contribution in [1.82, 2.24) is 4.57 Å². The van der Waals surface area contributed by atoms with Crippen LogP contribution in [0, 0.1) is 24.6 Å². The molecule has 0 radical (unpaired) electrons. The van der Waals surface area contributed by atoms with Gasteiger partial charge in [0.2, 0.25) is 5.78 Å². The average Bonchev–Trinajstić information content (AvgIpc) is 3.15. The first-order valence-electron chi connectivity index (χ1n) is 10.7. The van der Waals surface area contributed by atoms with Crippen LogP contribution in [-0.4, -0.2) is 35.1 Å². The lowest BCUT2D eigenvalue weighted by atomic mass is 9.93. The highest BCUT2D eigenvalue weighted by molar-refractivity contribution is 6.15. The number of carbonyl (C=O) groups is 2. The number of benzene rings is 2. The van der Waals surface area contributed by atoms with Gasteiger partial charge in [0.25, 0.3) is 0 Å². The van der Waals surface area contributed by atoms with Gasteiger partial charge in [0.1, 0.15) is 5.82 Å². The van der Waals surface area contributed by atoms with E-state index in [1.54, 1.807) is 50.4 Å². The molecule has 3 aromatic rings. The average molecular weight is 448 g/mol. The van der Waals surface area contributed by atoms with Crippen molar-refractivity contribution in [2.75, 3.05) is 13.7 Å². The van der Waals surface area contributed by atoms with Crippen molar-refractivity contribution >= 4 is 11.8 Å². The molecule has 1 aromatic heterocycles. The Morgan fingerprint density at radius 1 is 1.09 bits per heavy atom. The van der Waals surface area contributed by atoms with Gasteiger partial charge in [-0.2, -0.15) is 0 Å². The van der Waals surface area contributed by atoms with E-state index in [4.69, 9.17) is 9.84 Å². The summed E-state index contributed by atoms with van der Waals surface area (Å²) in [6.07, 6.45) is 3.73. The topological polar surface area (TPSA) is 68.5 Å². The van der Waals surface area contributed by atoms with E-state index in [2.05, 4.69) is 11.8 Å². The second-order valence-corrected chi connectivity index (χ2v) is 7.69. The van der Waals surface area contributed by atoms with Crippen molar-refractivity contribution < 1.29 is 23.8 Å². The van der Waals surface area contributed by atoms with Gasteiger partial charge in [0.15, 0.2) is 0 Å². The van der Waals surface area contributed by atoms with Gasteiger partial charge in [-0.25, -0.2) is 9.18 Å². The van der Waals surface area contributed by atoms with Gasteiger partial charge in [-0.1, -0.05) is 24.0 Å². The van der Waals surface area contributed by atoms with Gasteiger partial charge >= 0.3 is 5.97 Å². The van der Waals surface area contributed by atoms with Crippen molar-refractivity contribution in [2.24, 2.45) is 7.05 Å². The van der Waals surface area contributed by atoms with Crippen LogP contribution in [0.25, 0.3) is 11.1 Å². The van der Waals surface area contributed by atoms with Crippen molar-refractivity contribution in [2.45, 2.75) is 26.2 Å². The summed E-state index contributed by atoms with van der Waals surface area (Å²) in [6.45, 7) is 1.89. The molecule has 0 bridgehead atoms. The zero-order valence-electron chi connectivity index (χ0n) is 18.9. The minimum absolute atomic E-state index is 0.127. The number of aliphatic hydroxyl groups excluding tert-OH is 1. The predicted octanol–water partition coefficient (Wildman–Crippen LogP) is 4.67. The lowest BCUT2D eigenvalue weighted by Gasteiger charge is -2.12. The Kier molecular flexibility index (Phi) is 7.81. The normalized spacial score (nSPS) is 10.5. The molecule has 33 heavy (non-hydrogen) atoms. The number of hydrogen-bond acceptors (Lipinski definition) is 4. The number of halogens is 1. The van der Waals surface area contributed by atoms with Crippen LogP contribution in [0.4, 0.5) is 4.39 Å². The van der Waals surface area contributed by atoms with E-state index in [1.165, 1.54) is 23.9 Å². The van der Waals surface area contributed by atoms with Crippen LogP contribution in [0.5, 0.6) is 0 Å². The molecule has 0 unspecified atom stereocenters. The fourth-order valence-corrected chi connectivity index (χ4v) is 3.70. The van der Waals surface area contributed by atoms with Gasteiger partial charge in [0, 0.05) is 48.5 Å². The molecule has 0 aliphatic carbocycles. The first kappa shape index (κ1) is 24.0. The number of rotatable bonds is 7. The van der Waals surface area contributed by atoms with E-state index in [0.29, 0.717) is 17.5 Å². The quantitative estimate of drug-likeness (QED) is 0.247. The van der Waals surface area contributed by atoms with E-state index in [-0.39, 0.29) is 34.8 Å². The second kappa shape index (κ2) is 10.8. The van der Waals surface area contributed by atoms with E-state index >= 15 is 0 Å². The number of carbonyl (C=O) groups excluding carboxylic acids is 2. The van der Waals surface area contributed by atoms with Crippen molar-refractivity contribution in [3.05, 3.63) is 82.4 Å². The molecule has 5 nitrogen and oxygen atoms in total. The molecule has 0 fully saturated rings. The van der Waals surface area contributed by atoms with Gasteiger partial charge in [-0.15, -0.1) is 0 Å². The molecule has 6 heteroatoms.